The zero-order valence-corrected chi connectivity index (χ0v) is 16.2. The summed E-state index contributed by atoms with van der Waals surface area (Å²) < 4.78 is 44.3. The molecule has 0 saturated carbocycles. The summed E-state index contributed by atoms with van der Waals surface area (Å²) in [5.41, 5.74) is 0.783. The van der Waals surface area contributed by atoms with Crippen LogP contribution in [-0.2, 0) is 14.0 Å². The molecule has 11 heteroatoms. The Morgan fingerprint density at radius 2 is 2.17 bits per heavy atom. The summed E-state index contributed by atoms with van der Waals surface area (Å²) in [7, 11) is -0.935. The van der Waals surface area contributed by atoms with Gasteiger partial charge in [-0.05, 0) is 35.9 Å². The van der Waals surface area contributed by atoms with E-state index >= 15 is 0 Å². The Bertz CT molecular complexity index is 852. The normalized spacial score (nSPS) is 21.7. The third-order valence-corrected chi connectivity index (χ3v) is 5.01. The number of methoxy groups -OCH3 is 1. The number of imidazole rings is 1. The second-order valence-electron chi connectivity index (χ2n) is 5.59. The molecule has 0 amide bonds. The number of hydrogen-bond donors (Lipinski definition) is 0. The summed E-state index contributed by atoms with van der Waals surface area (Å²) in [4.78, 5) is 12.2. The largest absolute Gasteiger partial charge is 0.479 e. The van der Waals surface area contributed by atoms with E-state index < -0.39 is 25.5 Å². The maximum atomic E-state index is 14.6. The molecule has 24 heavy (non-hydrogen) atoms. The minimum absolute atomic E-state index is 0.00480. The zero-order chi connectivity index (χ0) is 17.5. The molecular formula is C13H15FIN4O4P. The second-order valence-corrected chi connectivity index (χ2v) is 10.2. The maximum Gasteiger partial charge on any atom is 0.245 e. The molecule has 0 spiro atoms. The van der Waals surface area contributed by atoms with Crippen LogP contribution in [0, 0.1) is 0 Å². The fourth-order valence-corrected chi connectivity index (χ4v) is 3.25. The summed E-state index contributed by atoms with van der Waals surface area (Å²) in [5.74, 6) is -0.207. The number of rotatable bonds is 5. The Balaban J connectivity index is 1.90. The van der Waals surface area contributed by atoms with Gasteiger partial charge in [-0.15, -0.1) is 0 Å². The molecule has 1 aliphatic heterocycles. The van der Waals surface area contributed by atoms with Crippen molar-refractivity contribution in [2.75, 3.05) is 26.8 Å². The monoisotopic (exact) mass is 468 g/mol. The molecule has 0 saturated heterocycles. The zero-order valence-electron chi connectivity index (χ0n) is 13.1. The van der Waals surface area contributed by atoms with Crippen LogP contribution < -0.4 is 4.74 Å². The molecule has 0 radical (unpaired) electrons. The Morgan fingerprint density at radius 1 is 1.42 bits per heavy atom. The van der Waals surface area contributed by atoms with Crippen molar-refractivity contribution in [3.8, 4) is 5.88 Å². The van der Waals surface area contributed by atoms with E-state index in [1.165, 1.54) is 24.3 Å². The molecule has 0 aromatic carbocycles. The number of nitrogens with zero attached hydrogens (tertiary/aromatic N) is 4. The number of ether oxygens (including phenoxy) is 3. The van der Waals surface area contributed by atoms with Gasteiger partial charge in [0, 0.05) is 0 Å². The number of halogens is 2. The van der Waals surface area contributed by atoms with Crippen LogP contribution in [-0.4, -0.2) is 52.6 Å². The van der Waals surface area contributed by atoms with Crippen LogP contribution in [0.1, 0.15) is 6.23 Å². The predicted molar refractivity (Wildman–Crippen MR) is 93.3 cm³/mol. The van der Waals surface area contributed by atoms with Crippen LogP contribution in [0.5, 0.6) is 5.88 Å². The molecule has 0 unspecified atom stereocenters. The van der Waals surface area contributed by atoms with Gasteiger partial charge >= 0.3 is 0 Å². The summed E-state index contributed by atoms with van der Waals surface area (Å²) in [5, 5.41) is 0. The minimum atomic E-state index is -2.40. The van der Waals surface area contributed by atoms with Crippen LogP contribution in [0.25, 0.3) is 11.2 Å². The first-order valence-corrected chi connectivity index (χ1v) is 10.8. The summed E-state index contributed by atoms with van der Waals surface area (Å²) in [6.45, 7) is 3.19. The Labute approximate surface area is 150 Å². The second kappa shape index (κ2) is 6.66. The van der Waals surface area contributed by atoms with Crippen LogP contribution in [0.2, 0.25) is 0 Å². The fraction of sp³-hybridized carbons (Fsp3) is 0.462. The molecule has 1 aliphatic rings. The third kappa shape index (κ3) is 3.32. The lowest BCUT2D eigenvalue weighted by Crippen LogP contribution is -2.17. The summed E-state index contributed by atoms with van der Waals surface area (Å²) >= 11 is 1.82. The highest BCUT2D eigenvalue weighted by Crippen LogP contribution is 2.43. The van der Waals surface area contributed by atoms with Crippen LogP contribution in [0.4, 0.5) is 4.39 Å². The molecular weight excluding hydrogens is 453 g/mol. The lowest BCUT2D eigenvalue weighted by molar-refractivity contribution is -0.128. The van der Waals surface area contributed by atoms with E-state index in [0.29, 0.717) is 17.0 Å². The highest BCUT2D eigenvalue weighted by Gasteiger charge is 2.37. The van der Waals surface area contributed by atoms with Crippen LogP contribution in [0.3, 0.4) is 0 Å². The van der Waals surface area contributed by atoms with Crippen LogP contribution in [0.15, 0.2) is 22.1 Å². The molecule has 130 valence electrons. The molecule has 3 heterocycles. The van der Waals surface area contributed by atoms with E-state index in [2.05, 4.69) is 15.0 Å². The van der Waals surface area contributed by atoms with E-state index in [4.69, 9.17) is 14.2 Å². The minimum Gasteiger partial charge on any atom is -0.479 e. The molecule has 0 fully saturated rings. The van der Waals surface area contributed by atoms with Gasteiger partial charge in [0.25, 0.3) is 0 Å². The van der Waals surface area contributed by atoms with Crippen molar-refractivity contribution in [1.29, 1.82) is 0 Å². The van der Waals surface area contributed by atoms with E-state index in [-0.39, 0.29) is 9.93 Å². The van der Waals surface area contributed by atoms with Gasteiger partial charge in [-0.3, -0.25) is 4.57 Å². The Kier molecular flexibility index (Phi) is 4.92. The quantitative estimate of drug-likeness (QED) is 0.493. The van der Waals surface area contributed by atoms with Gasteiger partial charge in [0.2, 0.25) is 5.88 Å². The van der Waals surface area contributed by atoms with Gasteiger partial charge in [-0.2, -0.15) is 4.98 Å². The molecule has 8 nitrogen and oxygen atoms in total. The van der Waals surface area contributed by atoms with E-state index in [9.17, 15) is 8.96 Å². The Morgan fingerprint density at radius 3 is 2.83 bits per heavy atom. The van der Waals surface area contributed by atoms with Crippen molar-refractivity contribution in [2.24, 2.45) is 0 Å². The van der Waals surface area contributed by atoms with Gasteiger partial charge < -0.3 is 18.8 Å². The first kappa shape index (κ1) is 17.7. The molecule has 0 bridgehead atoms. The SMILES string of the molecule is COc1ncnc2c1ncn2[C@@H]1O[C@H](OCP(C)(C)=O)C(I)=C1F. The summed E-state index contributed by atoms with van der Waals surface area (Å²) in [6, 6.07) is 0. The van der Waals surface area contributed by atoms with E-state index in [1.807, 2.05) is 22.6 Å². The number of fused-ring (bicyclic) bond motifs is 1. The van der Waals surface area contributed by atoms with Crippen molar-refractivity contribution in [3.05, 3.63) is 22.1 Å². The van der Waals surface area contributed by atoms with Gasteiger partial charge in [0.1, 0.15) is 19.8 Å². The average molecular weight is 468 g/mol. The van der Waals surface area contributed by atoms with Crippen molar-refractivity contribution in [1.82, 2.24) is 19.5 Å². The Hall–Kier alpha value is -1.10. The van der Waals surface area contributed by atoms with Crippen molar-refractivity contribution in [3.63, 3.8) is 0 Å². The topological polar surface area (TPSA) is 88.4 Å². The highest BCUT2D eigenvalue weighted by atomic mass is 127. The van der Waals surface area contributed by atoms with Crippen molar-refractivity contribution in [2.45, 2.75) is 12.5 Å². The van der Waals surface area contributed by atoms with Crippen molar-refractivity contribution < 1.29 is 23.2 Å². The first-order chi connectivity index (χ1) is 11.3. The summed E-state index contributed by atoms with van der Waals surface area (Å²) in [6.07, 6.45) is 0.747. The maximum absolute atomic E-state index is 14.6. The predicted octanol–water partition coefficient (Wildman–Crippen LogP) is 2.90. The molecule has 2 aromatic rings. The lowest BCUT2D eigenvalue weighted by Gasteiger charge is -2.17. The van der Waals surface area contributed by atoms with Gasteiger partial charge in [0.15, 0.2) is 29.5 Å². The van der Waals surface area contributed by atoms with E-state index in [1.54, 1.807) is 13.3 Å². The smallest absolute Gasteiger partial charge is 0.245 e. The van der Waals surface area contributed by atoms with Crippen molar-refractivity contribution >= 4 is 40.9 Å². The molecule has 2 atom stereocenters. The lowest BCUT2D eigenvalue weighted by atomic mass is 10.4. The standard InChI is InChI=1S/C13H15FIN4O4P/c1-21-11-9-10(16-4-17-11)19(5-18-9)12-7(14)8(15)13(23-12)22-6-24(2,3)20/h4-5,12-13H,6H2,1-3H3/t12-,13+/m1/s1. The number of hydrogen-bond acceptors (Lipinski definition) is 7. The first-order valence-electron chi connectivity index (χ1n) is 6.89. The number of aromatic nitrogens is 4. The molecule has 2 aromatic heterocycles. The fourth-order valence-electron chi connectivity index (χ4n) is 2.17. The molecule has 0 aliphatic carbocycles. The van der Waals surface area contributed by atoms with Gasteiger partial charge in [-0.1, -0.05) is 0 Å². The van der Waals surface area contributed by atoms with Crippen LogP contribution >= 0.6 is 29.7 Å². The van der Waals surface area contributed by atoms with Gasteiger partial charge in [0.05, 0.1) is 17.0 Å². The molecule has 0 N–H and O–H groups in total. The highest BCUT2D eigenvalue weighted by molar-refractivity contribution is 14.1. The van der Waals surface area contributed by atoms with E-state index in [0.717, 1.165) is 0 Å². The van der Waals surface area contributed by atoms with Gasteiger partial charge in [-0.25, -0.2) is 14.4 Å². The average Bonchev–Trinajstić information content (AvgIpc) is 3.07. The molecule has 3 rings (SSSR count). The third-order valence-electron chi connectivity index (χ3n) is 3.21.